The molecule has 0 fully saturated rings. The lowest BCUT2D eigenvalue weighted by molar-refractivity contribution is 0.458. The third-order valence-corrected chi connectivity index (χ3v) is 3.55. The average molecular weight is 293 g/mol. The van der Waals surface area contributed by atoms with Gasteiger partial charge >= 0.3 is 11.4 Å². The second-order valence-electron chi connectivity index (χ2n) is 4.56. The Morgan fingerprint density at radius 3 is 2.75 bits per heavy atom. The fourth-order valence-electron chi connectivity index (χ4n) is 2.35. The first-order valence-electron chi connectivity index (χ1n) is 6.74. The van der Waals surface area contributed by atoms with Crippen LogP contribution in [-0.4, -0.2) is 13.3 Å². The molecule has 2 aromatic rings. The molecule has 2 rings (SSSR count). The molecular weight excluding hydrogens is 274 g/mol. The minimum absolute atomic E-state index is 0.387. The molecule has 0 aliphatic carbocycles. The van der Waals surface area contributed by atoms with Crippen LogP contribution in [0.5, 0.6) is 5.75 Å². The maximum Gasteiger partial charge on any atom is 0.357 e. The Kier molecular flexibility index (Phi) is 4.98. The Balaban J connectivity index is 2.40. The monoisotopic (exact) mass is 293 g/mol. The molecule has 0 saturated heterocycles. The Labute approximate surface area is 121 Å². The molecule has 108 valence electrons. The summed E-state index contributed by atoms with van der Waals surface area (Å²) in [6, 6.07) is 9.35. The molecule has 0 saturated carbocycles. The predicted octanol–water partition coefficient (Wildman–Crippen LogP) is 3.51. The third-order valence-electron chi connectivity index (χ3n) is 3.22. The topological polar surface area (TPSA) is 51.5 Å². The van der Waals surface area contributed by atoms with Crippen molar-refractivity contribution in [1.29, 1.82) is 0 Å². The van der Waals surface area contributed by atoms with Gasteiger partial charge in [-0.1, -0.05) is 26.3 Å². The van der Waals surface area contributed by atoms with Gasteiger partial charge < -0.3 is 8.75 Å². The van der Waals surface area contributed by atoms with E-state index in [1.807, 2.05) is 18.3 Å². The molecule has 0 amide bonds. The van der Waals surface area contributed by atoms with E-state index in [-0.39, 0.29) is 0 Å². The van der Waals surface area contributed by atoms with E-state index in [4.69, 9.17) is 8.74 Å². The zero-order valence-electron chi connectivity index (χ0n) is 11.7. The molecule has 5 heteroatoms. The van der Waals surface area contributed by atoms with Gasteiger partial charge in [0.15, 0.2) is 0 Å². The first-order valence-corrected chi connectivity index (χ1v) is 7.77. The van der Waals surface area contributed by atoms with E-state index in [2.05, 4.69) is 24.5 Å². The number of aromatic nitrogens is 1. The molecule has 1 unspecified atom stereocenters. The highest BCUT2D eigenvalue weighted by Crippen LogP contribution is 2.23. The van der Waals surface area contributed by atoms with Crippen molar-refractivity contribution in [3.8, 4) is 11.4 Å². The van der Waals surface area contributed by atoms with Crippen LogP contribution in [0.15, 0.2) is 36.5 Å². The van der Waals surface area contributed by atoms with Crippen molar-refractivity contribution in [2.75, 3.05) is 0 Å². The number of aryl methyl sites for hydroxylation is 1. The van der Waals surface area contributed by atoms with E-state index in [0.717, 1.165) is 24.9 Å². The molecule has 0 spiro atoms. The van der Waals surface area contributed by atoms with E-state index in [1.165, 1.54) is 11.3 Å². The molecule has 1 heterocycles. The predicted molar refractivity (Wildman–Crippen MR) is 80.5 cm³/mol. The van der Waals surface area contributed by atoms with E-state index in [1.54, 1.807) is 12.1 Å². The number of hydrogen-bond donors (Lipinski definition) is 1. The van der Waals surface area contributed by atoms with Gasteiger partial charge in [-0.2, -0.15) is 4.21 Å². The van der Waals surface area contributed by atoms with Crippen molar-refractivity contribution in [3.05, 3.63) is 47.8 Å². The minimum Gasteiger partial charge on any atom is -0.380 e. The maximum atomic E-state index is 10.7. The molecule has 0 aliphatic heterocycles. The first-order chi connectivity index (χ1) is 9.65. The van der Waals surface area contributed by atoms with Crippen LogP contribution in [0.2, 0.25) is 0 Å². The van der Waals surface area contributed by atoms with Gasteiger partial charge in [-0.25, -0.2) is 0 Å². The van der Waals surface area contributed by atoms with Gasteiger partial charge in [-0.3, -0.25) is 4.55 Å². The van der Waals surface area contributed by atoms with Gasteiger partial charge in [-0.15, -0.1) is 0 Å². The molecule has 1 aromatic heterocycles. The third kappa shape index (κ3) is 3.29. The highest BCUT2D eigenvalue weighted by Gasteiger charge is 2.09. The van der Waals surface area contributed by atoms with Crippen LogP contribution in [0.1, 0.15) is 31.5 Å². The smallest absolute Gasteiger partial charge is 0.357 e. The minimum atomic E-state index is -2.30. The van der Waals surface area contributed by atoms with Crippen molar-refractivity contribution in [1.82, 2.24) is 4.57 Å². The fourth-order valence-corrected chi connectivity index (χ4v) is 2.62. The van der Waals surface area contributed by atoms with Crippen LogP contribution in [0.3, 0.4) is 0 Å². The van der Waals surface area contributed by atoms with Gasteiger partial charge in [0, 0.05) is 23.6 Å². The molecule has 1 aromatic carbocycles. The van der Waals surface area contributed by atoms with Crippen LogP contribution in [0, 0.1) is 0 Å². The van der Waals surface area contributed by atoms with Gasteiger partial charge in [0.1, 0.15) is 5.75 Å². The van der Waals surface area contributed by atoms with E-state index < -0.39 is 11.4 Å². The normalized spacial score (nSPS) is 12.3. The summed E-state index contributed by atoms with van der Waals surface area (Å²) < 4.78 is 26.5. The quantitative estimate of drug-likeness (QED) is 0.829. The Morgan fingerprint density at radius 1 is 1.30 bits per heavy atom. The highest BCUT2D eigenvalue weighted by atomic mass is 32.2. The maximum absolute atomic E-state index is 10.7. The van der Waals surface area contributed by atoms with Gasteiger partial charge in [-0.05, 0) is 36.6 Å². The summed E-state index contributed by atoms with van der Waals surface area (Å²) in [5, 5.41) is 0. The number of rotatable bonds is 6. The SMILES string of the molecule is CCCc1c(CC)ccn1-c1cccc(OS(=O)O)c1. The van der Waals surface area contributed by atoms with Crippen molar-refractivity contribution < 1.29 is 12.9 Å². The standard InChI is InChI=1S/C15H19NO3S/c1-3-6-15-12(4-2)9-10-16(15)13-7-5-8-14(11-13)19-20(17)18/h5,7-11H,3-4,6H2,1-2H3,(H,17,18). The fraction of sp³-hybridized carbons (Fsp3) is 0.333. The molecule has 0 aliphatic rings. The largest absolute Gasteiger partial charge is 0.380 e. The van der Waals surface area contributed by atoms with E-state index in [0.29, 0.717) is 5.75 Å². The molecule has 20 heavy (non-hydrogen) atoms. The van der Waals surface area contributed by atoms with Crippen LogP contribution >= 0.6 is 0 Å². The van der Waals surface area contributed by atoms with E-state index >= 15 is 0 Å². The van der Waals surface area contributed by atoms with Crippen LogP contribution < -0.4 is 4.18 Å². The molecular formula is C15H19NO3S. The van der Waals surface area contributed by atoms with Crippen molar-refractivity contribution in [2.24, 2.45) is 0 Å². The molecule has 0 radical (unpaired) electrons. The Hall–Kier alpha value is -1.59. The molecule has 4 nitrogen and oxygen atoms in total. The van der Waals surface area contributed by atoms with E-state index in [9.17, 15) is 4.21 Å². The summed E-state index contributed by atoms with van der Waals surface area (Å²) in [5.74, 6) is 0.387. The van der Waals surface area contributed by atoms with Crippen molar-refractivity contribution in [3.63, 3.8) is 0 Å². The highest BCUT2D eigenvalue weighted by molar-refractivity contribution is 7.74. The Bertz CT molecular complexity index is 607. The molecule has 1 atom stereocenters. The summed E-state index contributed by atoms with van der Waals surface area (Å²) in [4.78, 5) is 0. The summed E-state index contributed by atoms with van der Waals surface area (Å²) >= 11 is -2.30. The zero-order valence-corrected chi connectivity index (χ0v) is 12.5. The van der Waals surface area contributed by atoms with Crippen LogP contribution in [0.25, 0.3) is 5.69 Å². The lowest BCUT2D eigenvalue weighted by atomic mass is 10.1. The number of benzene rings is 1. The van der Waals surface area contributed by atoms with Gasteiger partial charge in [0.2, 0.25) is 0 Å². The lowest BCUT2D eigenvalue weighted by Crippen LogP contribution is -2.02. The first kappa shape index (κ1) is 14.8. The number of nitrogens with zero attached hydrogens (tertiary/aromatic N) is 1. The van der Waals surface area contributed by atoms with Gasteiger partial charge in [0.25, 0.3) is 0 Å². The zero-order chi connectivity index (χ0) is 14.5. The average Bonchev–Trinajstić information content (AvgIpc) is 2.82. The molecule has 1 N–H and O–H groups in total. The molecule has 0 bridgehead atoms. The summed E-state index contributed by atoms with van der Waals surface area (Å²) in [6.07, 6.45) is 5.12. The summed E-state index contributed by atoms with van der Waals surface area (Å²) in [7, 11) is 0. The van der Waals surface area contributed by atoms with Crippen molar-refractivity contribution in [2.45, 2.75) is 33.1 Å². The van der Waals surface area contributed by atoms with Crippen LogP contribution in [0.4, 0.5) is 0 Å². The summed E-state index contributed by atoms with van der Waals surface area (Å²) in [6.45, 7) is 4.30. The summed E-state index contributed by atoms with van der Waals surface area (Å²) in [5.41, 5.74) is 3.57. The van der Waals surface area contributed by atoms with Crippen LogP contribution in [-0.2, 0) is 24.2 Å². The second kappa shape index (κ2) is 6.72. The number of hydrogen-bond acceptors (Lipinski definition) is 2. The van der Waals surface area contributed by atoms with Gasteiger partial charge in [0.05, 0.1) is 0 Å². The second-order valence-corrected chi connectivity index (χ2v) is 5.16. The lowest BCUT2D eigenvalue weighted by Gasteiger charge is -2.11. The van der Waals surface area contributed by atoms with Crippen molar-refractivity contribution >= 4 is 11.4 Å². The Morgan fingerprint density at radius 2 is 2.10 bits per heavy atom.